The molecule has 32 heavy (non-hydrogen) atoms. The van der Waals surface area contributed by atoms with Gasteiger partial charge in [0.05, 0.1) is 23.4 Å². The van der Waals surface area contributed by atoms with Crippen molar-refractivity contribution in [1.29, 1.82) is 0 Å². The zero-order valence-corrected chi connectivity index (χ0v) is 19.2. The van der Waals surface area contributed by atoms with Crippen molar-refractivity contribution in [3.05, 3.63) is 22.7 Å². The van der Waals surface area contributed by atoms with E-state index in [4.69, 9.17) is 16.3 Å². The molecule has 0 spiro atoms. The minimum Gasteiger partial charge on any atom is -0.491 e. The van der Waals surface area contributed by atoms with Crippen LogP contribution >= 0.6 is 11.6 Å². The Kier molecular flexibility index (Phi) is 7.20. The smallest absolute Gasteiger partial charge is 0.251 e. The zero-order valence-electron chi connectivity index (χ0n) is 18.4. The van der Waals surface area contributed by atoms with Crippen molar-refractivity contribution < 1.29 is 19.4 Å². The predicted octanol–water partition coefficient (Wildman–Crippen LogP) is 3.02. The summed E-state index contributed by atoms with van der Waals surface area (Å²) >= 11 is 6.45. The first-order chi connectivity index (χ1) is 15.4. The molecule has 0 aromatic heterocycles. The molecular weight excluding hydrogens is 432 g/mol. The Morgan fingerprint density at radius 2 is 2.16 bits per heavy atom. The van der Waals surface area contributed by atoms with Gasteiger partial charge in [0.2, 0.25) is 11.9 Å². The van der Waals surface area contributed by atoms with E-state index in [9.17, 15) is 14.7 Å². The number of amides is 2. The van der Waals surface area contributed by atoms with Gasteiger partial charge < -0.3 is 20.1 Å². The van der Waals surface area contributed by atoms with Gasteiger partial charge in [0.1, 0.15) is 11.8 Å². The Labute approximate surface area is 193 Å². The first-order valence-electron chi connectivity index (χ1n) is 11.5. The second-order valence-electron chi connectivity index (χ2n) is 8.89. The standard InChI is InChI=1S/C23H31ClN4O4/c1-14(6-5-9-20(30)25-16-7-3-2-4-8-16)32-17-10-15-12-28-19(13-29)22(31)27-23(28)26-21(15)18(24)11-17/h10-11,14,16,19,29H,2-9,12-13H2,1H3,(H,25,30)(H,26,27,31). The number of aliphatic imine (C=N–C) groups is 1. The van der Waals surface area contributed by atoms with Gasteiger partial charge in [-0.1, -0.05) is 30.9 Å². The van der Waals surface area contributed by atoms with Crippen molar-refractivity contribution in [3.63, 3.8) is 0 Å². The number of hydrogen-bond donors (Lipinski definition) is 3. The average Bonchev–Trinajstić information content (AvgIpc) is 3.07. The summed E-state index contributed by atoms with van der Waals surface area (Å²) < 4.78 is 6.06. The number of nitrogens with zero attached hydrogens (tertiary/aromatic N) is 2. The van der Waals surface area contributed by atoms with E-state index in [1.165, 1.54) is 19.3 Å². The maximum Gasteiger partial charge on any atom is 0.251 e. The summed E-state index contributed by atoms with van der Waals surface area (Å²) in [6, 6.07) is 3.30. The number of fused-ring (bicyclic) bond motifs is 2. The van der Waals surface area contributed by atoms with Gasteiger partial charge in [0.15, 0.2) is 0 Å². The van der Waals surface area contributed by atoms with E-state index in [-0.39, 0.29) is 24.5 Å². The quantitative estimate of drug-likeness (QED) is 0.551. The Balaban J connectivity index is 1.30. The molecule has 1 aliphatic carbocycles. The maximum atomic E-state index is 12.2. The number of nitrogens with one attached hydrogen (secondary N) is 2. The highest BCUT2D eigenvalue weighted by Crippen LogP contribution is 2.38. The van der Waals surface area contributed by atoms with Crippen LogP contribution in [0.15, 0.2) is 17.1 Å². The van der Waals surface area contributed by atoms with Gasteiger partial charge in [0.25, 0.3) is 5.91 Å². The number of halogens is 1. The predicted molar refractivity (Wildman–Crippen MR) is 122 cm³/mol. The third kappa shape index (κ3) is 5.18. The van der Waals surface area contributed by atoms with Gasteiger partial charge in [-0.05, 0) is 38.7 Å². The van der Waals surface area contributed by atoms with Crippen LogP contribution in [0, 0.1) is 0 Å². The van der Waals surface area contributed by atoms with E-state index in [1.54, 1.807) is 11.0 Å². The number of carbonyl (C=O) groups excluding carboxylic acids is 2. The van der Waals surface area contributed by atoms with Crippen LogP contribution in [0.5, 0.6) is 5.75 Å². The molecule has 174 valence electrons. The van der Waals surface area contributed by atoms with Crippen molar-refractivity contribution in [2.45, 2.75) is 83.0 Å². The number of benzene rings is 1. The van der Waals surface area contributed by atoms with Gasteiger partial charge in [-0.2, -0.15) is 0 Å². The average molecular weight is 463 g/mol. The Morgan fingerprint density at radius 3 is 2.91 bits per heavy atom. The first-order valence-corrected chi connectivity index (χ1v) is 11.9. The Morgan fingerprint density at radius 1 is 1.38 bits per heavy atom. The van der Waals surface area contributed by atoms with Crippen LogP contribution in [0.25, 0.3) is 0 Å². The summed E-state index contributed by atoms with van der Waals surface area (Å²) in [4.78, 5) is 30.4. The zero-order chi connectivity index (χ0) is 22.7. The summed E-state index contributed by atoms with van der Waals surface area (Å²) in [5.74, 6) is 0.900. The fourth-order valence-electron chi connectivity index (χ4n) is 4.63. The second kappa shape index (κ2) is 10.1. The Bertz CT molecular complexity index is 900. The number of aliphatic hydroxyl groups is 1. The number of hydrogen-bond acceptors (Lipinski definition) is 6. The summed E-state index contributed by atoms with van der Waals surface area (Å²) in [7, 11) is 0. The molecule has 3 aliphatic rings. The molecule has 2 unspecified atom stereocenters. The van der Waals surface area contributed by atoms with Crippen LogP contribution in [0.1, 0.15) is 63.9 Å². The van der Waals surface area contributed by atoms with Crippen LogP contribution in [-0.4, -0.2) is 52.6 Å². The molecule has 2 fully saturated rings. The minimum atomic E-state index is -0.649. The normalized spacial score (nSPS) is 21.3. The monoisotopic (exact) mass is 462 g/mol. The molecule has 8 nitrogen and oxygen atoms in total. The van der Waals surface area contributed by atoms with Crippen LogP contribution in [0.4, 0.5) is 5.69 Å². The van der Waals surface area contributed by atoms with Crippen molar-refractivity contribution in [2.24, 2.45) is 4.99 Å². The molecule has 3 N–H and O–H groups in total. The van der Waals surface area contributed by atoms with Crippen LogP contribution < -0.4 is 15.4 Å². The lowest BCUT2D eigenvalue weighted by Gasteiger charge is -2.28. The third-order valence-electron chi connectivity index (χ3n) is 6.36. The molecule has 1 aromatic rings. The molecule has 1 aromatic carbocycles. The molecule has 1 saturated heterocycles. The van der Waals surface area contributed by atoms with Gasteiger partial charge >= 0.3 is 0 Å². The largest absolute Gasteiger partial charge is 0.491 e. The minimum absolute atomic E-state index is 0.0746. The lowest BCUT2D eigenvalue weighted by atomic mass is 9.95. The van der Waals surface area contributed by atoms with Crippen molar-refractivity contribution in [3.8, 4) is 5.75 Å². The highest BCUT2D eigenvalue weighted by Gasteiger charge is 2.39. The highest BCUT2D eigenvalue weighted by atomic mass is 35.5. The number of ether oxygens (including phenoxy) is 1. The summed E-state index contributed by atoms with van der Waals surface area (Å²) in [5.41, 5.74) is 1.45. The fraction of sp³-hybridized carbons (Fsp3) is 0.609. The van der Waals surface area contributed by atoms with Gasteiger partial charge in [0, 0.05) is 30.6 Å². The Hall–Kier alpha value is -2.32. The number of aliphatic hydroxyl groups excluding tert-OH is 1. The van der Waals surface area contributed by atoms with Crippen LogP contribution in [0.2, 0.25) is 5.02 Å². The first kappa shape index (κ1) is 22.9. The van der Waals surface area contributed by atoms with Crippen LogP contribution in [-0.2, 0) is 16.1 Å². The molecule has 2 atom stereocenters. The second-order valence-corrected chi connectivity index (χ2v) is 9.29. The fourth-order valence-corrected chi connectivity index (χ4v) is 4.90. The molecule has 0 radical (unpaired) electrons. The van der Waals surface area contributed by atoms with E-state index in [2.05, 4.69) is 15.6 Å². The number of carbonyl (C=O) groups is 2. The lowest BCUT2D eigenvalue weighted by molar-refractivity contribution is -0.123. The van der Waals surface area contributed by atoms with Gasteiger partial charge in [-0.3, -0.25) is 14.9 Å². The van der Waals surface area contributed by atoms with E-state index in [0.29, 0.717) is 41.4 Å². The lowest BCUT2D eigenvalue weighted by Crippen LogP contribution is -2.39. The van der Waals surface area contributed by atoms with E-state index in [0.717, 1.165) is 31.2 Å². The van der Waals surface area contributed by atoms with E-state index < -0.39 is 6.04 Å². The molecule has 0 bridgehead atoms. The van der Waals surface area contributed by atoms with Crippen LogP contribution in [0.3, 0.4) is 0 Å². The van der Waals surface area contributed by atoms with E-state index in [1.807, 2.05) is 13.0 Å². The molecule has 1 saturated carbocycles. The van der Waals surface area contributed by atoms with Crippen molar-refractivity contribution >= 4 is 35.1 Å². The van der Waals surface area contributed by atoms with Crippen molar-refractivity contribution in [1.82, 2.24) is 15.5 Å². The van der Waals surface area contributed by atoms with Gasteiger partial charge in [-0.25, -0.2) is 4.99 Å². The molecule has 2 heterocycles. The molecule has 9 heteroatoms. The van der Waals surface area contributed by atoms with E-state index >= 15 is 0 Å². The highest BCUT2D eigenvalue weighted by molar-refractivity contribution is 6.33. The number of guanidine groups is 1. The molecule has 2 aliphatic heterocycles. The summed E-state index contributed by atoms with van der Waals surface area (Å²) in [6.07, 6.45) is 7.82. The van der Waals surface area contributed by atoms with Gasteiger partial charge in [-0.15, -0.1) is 0 Å². The van der Waals surface area contributed by atoms with Crippen molar-refractivity contribution in [2.75, 3.05) is 6.61 Å². The summed E-state index contributed by atoms with van der Waals surface area (Å²) in [6.45, 7) is 2.10. The molecule has 2 amide bonds. The topological polar surface area (TPSA) is 103 Å². The molecular formula is C23H31ClN4O4. The third-order valence-corrected chi connectivity index (χ3v) is 6.64. The number of rotatable bonds is 8. The SMILES string of the molecule is CC(CCCC(=O)NC1CCCCC1)Oc1cc(Cl)c2c(c1)CN1C(=N2)NC(=O)C1CO. The maximum absolute atomic E-state index is 12.2. The summed E-state index contributed by atoms with van der Waals surface area (Å²) in [5, 5.41) is 15.8. The molecule has 4 rings (SSSR count).